The fourth-order valence-corrected chi connectivity index (χ4v) is 7.51. The molecule has 0 aliphatic heterocycles. The molecule has 59 heavy (non-hydrogen) atoms. The minimum absolute atomic E-state index is 0. The molecule has 0 amide bonds. The first-order valence-electron chi connectivity index (χ1n) is 22.8. The molecule has 0 bridgehead atoms. The Bertz CT molecular complexity index is 1170. The second-order valence-corrected chi connectivity index (χ2v) is 17.3. The minimum atomic E-state index is -5.03. The maximum absolute atomic E-state index is 13.2. The SMILES string of the molecule is CCCCCCCCCCCCOC(=O)CC(C(=O)OCCCCCCCCCCCC)S(=O)(=O)OC(=O)[C@@H](N)CCC(=O)OC(=O)CCCCCCCCCC.[KH].[KH]. The van der Waals surface area contributed by atoms with Crippen LogP contribution in [0.3, 0.4) is 0 Å². The van der Waals surface area contributed by atoms with Crippen LogP contribution >= 0.6 is 0 Å². The van der Waals surface area contributed by atoms with Crippen LogP contribution in [0.1, 0.15) is 226 Å². The van der Waals surface area contributed by atoms with Crippen LogP contribution in [0, 0.1) is 0 Å². The first-order valence-corrected chi connectivity index (χ1v) is 24.2. The van der Waals surface area contributed by atoms with E-state index >= 15 is 0 Å². The molecule has 2 atom stereocenters. The number of carbonyl (C=O) groups is 5. The normalized spacial score (nSPS) is 12.1. The van der Waals surface area contributed by atoms with Gasteiger partial charge in [0.2, 0.25) is 5.25 Å². The molecule has 0 aliphatic carbocycles. The summed E-state index contributed by atoms with van der Waals surface area (Å²) in [7, 11) is -5.03. The van der Waals surface area contributed by atoms with E-state index in [2.05, 4.69) is 20.8 Å². The van der Waals surface area contributed by atoms with Crippen molar-refractivity contribution < 1.29 is 50.8 Å². The zero-order valence-corrected chi connectivity index (χ0v) is 37.0. The van der Waals surface area contributed by atoms with Gasteiger partial charge in [-0.2, -0.15) is 8.42 Å². The van der Waals surface area contributed by atoms with Crippen molar-refractivity contribution in [2.24, 2.45) is 5.73 Å². The molecule has 0 heterocycles. The Morgan fingerprint density at radius 1 is 0.458 bits per heavy atom. The molecule has 0 aromatic heterocycles. The number of rotatable bonds is 40. The Morgan fingerprint density at radius 3 is 1.24 bits per heavy atom. The molecule has 15 heteroatoms. The van der Waals surface area contributed by atoms with Crippen LogP contribution in [0.2, 0.25) is 0 Å². The van der Waals surface area contributed by atoms with Gasteiger partial charge in [-0.1, -0.05) is 181 Å². The van der Waals surface area contributed by atoms with Crippen LogP contribution in [0.5, 0.6) is 0 Å². The van der Waals surface area contributed by atoms with E-state index in [0.717, 1.165) is 77.0 Å². The van der Waals surface area contributed by atoms with Gasteiger partial charge in [0.05, 0.1) is 19.6 Å². The molecule has 0 fully saturated rings. The van der Waals surface area contributed by atoms with Crippen molar-refractivity contribution in [3.8, 4) is 0 Å². The van der Waals surface area contributed by atoms with Crippen LogP contribution < -0.4 is 5.73 Å². The first-order chi connectivity index (χ1) is 27.5. The van der Waals surface area contributed by atoms with Crippen LogP contribution in [0.25, 0.3) is 0 Å². The van der Waals surface area contributed by atoms with E-state index in [4.69, 9.17) is 24.1 Å². The van der Waals surface area contributed by atoms with E-state index in [0.29, 0.717) is 19.3 Å². The van der Waals surface area contributed by atoms with E-state index in [1.807, 2.05) is 0 Å². The van der Waals surface area contributed by atoms with Crippen LogP contribution in [-0.4, -0.2) is 166 Å². The molecule has 0 rings (SSSR count). The fraction of sp³-hybridized carbons (Fsp3) is 0.886. The predicted octanol–water partition coefficient (Wildman–Crippen LogP) is 8.96. The number of carbonyl (C=O) groups excluding carboxylic acids is 5. The van der Waals surface area contributed by atoms with Crippen LogP contribution in [0.4, 0.5) is 0 Å². The zero-order chi connectivity index (χ0) is 42.4. The van der Waals surface area contributed by atoms with Crippen molar-refractivity contribution in [2.45, 2.75) is 238 Å². The summed E-state index contributed by atoms with van der Waals surface area (Å²) in [5, 5.41) is -2.14. The maximum atomic E-state index is 13.2. The van der Waals surface area contributed by atoms with Gasteiger partial charge in [0.15, 0.2) is 0 Å². The Labute approximate surface area is 444 Å². The van der Waals surface area contributed by atoms with Crippen LogP contribution in [-0.2, 0) is 52.5 Å². The van der Waals surface area contributed by atoms with E-state index in [1.165, 1.54) is 83.5 Å². The average Bonchev–Trinajstić information content (AvgIpc) is 3.17. The van der Waals surface area contributed by atoms with Crippen molar-refractivity contribution in [1.82, 2.24) is 0 Å². The molecule has 2 N–H and O–H groups in total. The molecular formula is C44H83K2NO11S. The third-order valence-electron chi connectivity index (χ3n) is 10.1. The van der Waals surface area contributed by atoms with Gasteiger partial charge in [-0.3, -0.25) is 19.2 Å². The summed E-state index contributed by atoms with van der Waals surface area (Å²) >= 11 is 0. The molecule has 1 unspecified atom stereocenters. The van der Waals surface area contributed by atoms with E-state index in [9.17, 15) is 32.4 Å². The summed E-state index contributed by atoms with van der Waals surface area (Å²) in [5.74, 6) is -5.15. The summed E-state index contributed by atoms with van der Waals surface area (Å²) in [4.78, 5) is 62.8. The van der Waals surface area contributed by atoms with Crippen molar-refractivity contribution >= 4 is 143 Å². The molecule has 0 saturated carbocycles. The van der Waals surface area contributed by atoms with Crippen molar-refractivity contribution in [2.75, 3.05) is 13.2 Å². The quantitative estimate of drug-likeness (QED) is 0.0154. The first kappa shape index (κ1) is 64.0. The van der Waals surface area contributed by atoms with Crippen molar-refractivity contribution in [3.63, 3.8) is 0 Å². The third kappa shape index (κ3) is 40.0. The van der Waals surface area contributed by atoms with Crippen molar-refractivity contribution in [1.29, 1.82) is 0 Å². The molecule has 12 nitrogen and oxygen atoms in total. The van der Waals surface area contributed by atoms with Gasteiger partial charge in [0.1, 0.15) is 6.04 Å². The molecule has 0 aliphatic rings. The molecule has 0 aromatic rings. The van der Waals surface area contributed by atoms with Gasteiger partial charge < -0.3 is 24.1 Å². The molecule has 338 valence electrons. The topological polar surface area (TPSA) is 182 Å². The summed E-state index contributed by atoms with van der Waals surface area (Å²) in [6.45, 7) is 6.55. The fourth-order valence-electron chi connectivity index (χ4n) is 6.40. The number of unbranched alkanes of at least 4 members (excludes halogenated alkanes) is 25. The Balaban J connectivity index is -0.0000157. The number of hydrogen-bond donors (Lipinski definition) is 1. The van der Waals surface area contributed by atoms with Gasteiger partial charge in [0, 0.05) is 12.8 Å². The standard InChI is InChI=1S/C44H81NO11S.2K.2H/c1-4-7-10-13-16-19-21-24-27-30-35-53-42(48)37-39(44(50)54-36-31-28-25-22-20-17-14-11-8-5-2)57(51,52)56-43(49)38(45)33-34-41(47)55-40(46)32-29-26-23-18-15-12-9-6-3;;;;/h38-39H,4-37,45H2,1-3H3;;;;/t38-,39?;;;;/m0..../s1. The van der Waals surface area contributed by atoms with E-state index in [-0.39, 0.29) is 129 Å². The van der Waals surface area contributed by atoms with Gasteiger partial charge >= 0.3 is 143 Å². The molecule has 0 saturated heterocycles. The second kappa shape index (κ2) is 45.3. The Hall–Kier alpha value is 0.733. The summed E-state index contributed by atoms with van der Waals surface area (Å²) in [6.07, 6.45) is 28.2. The molecule has 0 aromatic carbocycles. The van der Waals surface area contributed by atoms with Gasteiger partial charge in [-0.15, -0.1) is 0 Å². The molecule has 0 radical (unpaired) electrons. The average molecular weight is 912 g/mol. The van der Waals surface area contributed by atoms with Crippen LogP contribution in [0.15, 0.2) is 0 Å². The Morgan fingerprint density at radius 2 is 0.814 bits per heavy atom. The van der Waals surface area contributed by atoms with Crippen molar-refractivity contribution in [3.05, 3.63) is 0 Å². The second-order valence-electron chi connectivity index (χ2n) is 15.6. The third-order valence-corrected chi connectivity index (χ3v) is 11.5. The predicted molar refractivity (Wildman–Crippen MR) is 239 cm³/mol. The van der Waals surface area contributed by atoms with Gasteiger partial charge in [-0.25, -0.2) is 4.79 Å². The van der Waals surface area contributed by atoms with E-state index in [1.54, 1.807) is 0 Å². The number of nitrogens with two attached hydrogens (primary N) is 1. The van der Waals surface area contributed by atoms with Gasteiger partial charge in [0.25, 0.3) is 0 Å². The summed E-state index contributed by atoms with van der Waals surface area (Å²) < 4.78 is 46.5. The molecular weight excluding hydrogens is 829 g/mol. The van der Waals surface area contributed by atoms with E-state index < -0.39 is 64.1 Å². The monoisotopic (exact) mass is 911 g/mol. The summed E-state index contributed by atoms with van der Waals surface area (Å²) in [6, 6.07) is -1.58. The summed E-state index contributed by atoms with van der Waals surface area (Å²) in [5.41, 5.74) is 5.83. The molecule has 0 spiro atoms. The number of esters is 4. The Kier molecular flexibility index (Phi) is 49.2. The van der Waals surface area contributed by atoms with Gasteiger partial charge in [-0.05, 0) is 25.7 Å². The number of hydrogen-bond acceptors (Lipinski definition) is 12. The number of ether oxygens (including phenoxy) is 3. The zero-order valence-electron chi connectivity index (χ0n) is 36.2.